The van der Waals surface area contributed by atoms with Crippen molar-refractivity contribution in [2.75, 3.05) is 29.9 Å². The summed E-state index contributed by atoms with van der Waals surface area (Å²) in [6, 6.07) is 8.27. The molecule has 2 N–H and O–H groups in total. The molecular weight excluding hydrogens is 330 g/mol. The Labute approximate surface area is 157 Å². The lowest BCUT2D eigenvalue weighted by molar-refractivity contribution is 0.248. The molecule has 1 atom stereocenters. The topological polar surface area (TPSA) is 44.4 Å². The second-order valence-electron chi connectivity index (χ2n) is 6.89. The Morgan fingerprint density at radius 2 is 1.96 bits per heavy atom. The van der Waals surface area contributed by atoms with Gasteiger partial charge in [0, 0.05) is 42.9 Å². The van der Waals surface area contributed by atoms with E-state index >= 15 is 0 Å². The number of benzene rings is 1. The molecule has 1 unspecified atom stereocenters. The molecule has 0 aromatic heterocycles. The van der Waals surface area contributed by atoms with E-state index in [1.165, 1.54) is 42.8 Å². The van der Waals surface area contributed by atoms with Gasteiger partial charge in [0.1, 0.15) is 0 Å². The highest BCUT2D eigenvalue weighted by molar-refractivity contribution is 7.99. The highest BCUT2D eigenvalue weighted by Crippen LogP contribution is 2.19. The second-order valence-corrected chi connectivity index (χ2v) is 8.12. The van der Waals surface area contributed by atoms with Crippen molar-refractivity contribution < 1.29 is 4.79 Å². The first kappa shape index (κ1) is 20.1. The van der Waals surface area contributed by atoms with E-state index in [2.05, 4.69) is 35.4 Å². The Bertz CT molecular complexity index is 517. The predicted molar refractivity (Wildman–Crippen MR) is 109 cm³/mol. The number of carbonyl (C=O) groups is 1. The molecule has 0 saturated carbocycles. The normalized spacial score (nSPS) is 16.4. The van der Waals surface area contributed by atoms with Gasteiger partial charge in [0.2, 0.25) is 0 Å². The number of nitrogens with zero attached hydrogens (tertiary/aromatic N) is 1. The number of carbonyl (C=O) groups excluding carboxylic acids is 1. The lowest BCUT2D eigenvalue weighted by Gasteiger charge is -2.27. The van der Waals surface area contributed by atoms with E-state index in [0.717, 1.165) is 31.7 Å². The van der Waals surface area contributed by atoms with E-state index in [0.29, 0.717) is 0 Å². The molecule has 4 nitrogen and oxygen atoms in total. The van der Waals surface area contributed by atoms with Crippen LogP contribution in [0.25, 0.3) is 0 Å². The van der Waals surface area contributed by atoms with Gasteiger partial charge in [-0.1, -0.05) is 50.8 Å². The van der Waals surface area contributed by atoms with Crippen LogP contribution in [0.1, 0.15) is 51.5 Å². The SMILES string of the molecule is CCCCCCC(C)NC(=O)Nc1ccccc1CN1CCSCC1. The van der Waals surface area contributed by atoms with Gasteiger partial charge < -0.3 is 10.6 Å². The first-order chi connectivity index (χ1) is 12.2. The van der Waals surface area contributed by atoms with Crippen molar-refractivity contribution in [3.8, 4) is 0 Å². The third-order valence-corrected chi connectivity index (χ3v) is 5.57. The van der Waals surface area contributed by atoms with Crippen LogP contribution < -0.4 is 10.6 Å². The van der Waals surface area contributed by atoms with Crippen LogP contribution in [-0.2, 0) is 6.54 Å². The second kappa shape index (κ2) is 11.4. The smallest absolute Gasteiger partial charge is 0.319 e. The van der Waals surface area contributed by atoms with E-state index in [9.17, 15) is 4.79 Å². The molecule has 0 aliphatic carbocycles. The predicted octanol–water partition coefficient (Wildman–Crippen LogP) is 4.72. The maximum atomic E-state index is 12.3. The van der Waals surface area contributed by atoms with Crippen LogP contribution in [0.3, 0.4) is 0 Å². The minimum atomic E-state index is -0.0929. The number of thioether (sulfide) groups is 1. The molecule has 1 aromatic rings. The van der Waals surface area contributed by atoms with E-state index < -0.39 is 0 Å². The van der Waals surface area contributed by atoms with Crippen molar-refractivity contribution in [3.05, 3.63) is 29.8 Å². The molecule has 1 fully saturated rings. The highest BCUT2D eigenvalue weighted by atomic mass is 32.2. The summed E-state index contributed by atoms with van der Waals surface area (Å²) in [6.45, 7) is 7.46. The Kier molecular flexibility index (Phi) is 9.19. The molecule has 140 valence electrons. The summed E-state index contributed by atoms with van der Waals surface area (Å²) in [7, 11) is 0. The standard InChI is InChI=1S/C20H33N3OS/c1-3-4-5-6-9-17(2)21-20(24)22-19-11-8-7-10-18(19)16-23-12-14-25-15-13-23/h7-8,10-11,17H,3-6,9,12-16H2,1-2H3,(H2,21,22,24). The van der Waals surface area contributed by atoms with Crippen molar-refractivity contribution in [2.45, 2.75) is 58.5 Å². The molecule has 1 aromatic carbocycles. The zero-order valence-corrected chi connectivity index (χ0v) is 16.5. The molecule has 5 heteroatoms. The van der Waals surface area contributed by atoms with Gasteiger partial charge >= 0.3 is 6.03 Å². The summed E-state index contributed by atoms with van der Waals surface area (Å²) in [6.07, 6.45) is 6.00. The monoisotopic (exact) mass is 363 g/mol. The van der Waals surface area contributed by atoms with Crippen LogP contribution in [-0.4, -0.2) is 41.6 Å². The zero-order valence-electron chi connectivity index (χ0n) is 15.7. The fraction of sp³-hybridized carbons (Fsp3) is 0.650. The Morgan fingerprint density at radius 3 is 2.72 bits per heavy atom. The van der Waals surface area contributed by atoms with Crippen LogP contribution in [0.5, 0.6) is 0 Å². The van der Waals surface area contributed by atoms with E-state index in [-0.39, 0.29) is 12.1 Å². The first-order valence-electron chi connectivity index (χ1n) is 9.64. The van der Waals surface area contributed by atoms with Gasteiger partial charge in [0.25, 0.3) is 0 Å². The van der Waals surface area contributed by atoms with Crippen molar-refractivity contribution in [3.63, 3.8) is 0 Å². The third kappa shape index (κ3) is 7.70. The molecule has 0 spiro atoms. The van der Waals surface area contributed by atoms with E-state index in [1.54, 1.807) is 0 Å². The number of unbranched alkanes of at least 4 members (excludes halogenated alkanes) is 3. The molecule has 0 radical (unpaired) electrons. The maximum Gasteiger partial charge on any atom is 0.319 e. The van der Waals surface area contributed by atoms with Gasteiger partial charge in [-0.2, -0.15) is 11.8 Å². The largest absolute Gasteiger partial charge is 0.335 e. The first-order valence-corrected chi connectivity index (χ1v) is 10.8. The molecule has 1 aliphatic rings. The van der Waals surface area contributed by atoms with Crippen molar-refractivity contribution in [2.24, 2.45) is 0 Å². The number of nitrogens with one attached hydrogen (secondary N) is 2. The summed E-state index contributed by atoms with van der Waals surface area (Å²) in [5, 5.41) is 6.12. The number of para-hydroxylation sites is 1. The average molecular weight is 364 g/mol. The summed E-state index contributed by atoms with van der Waals surface area (Å²) in [5.74, 6) is 2.40. The number of urea groups is 1. The molecular formula is C20H33N3OS. The molecule has 0 bridgehead atoms. The molecule has 1 saturated heterocycles. The van der Waals surface area contributed by atoms with Gasteiger partial charge in [0.05, 0.1) is 0 Å². The van der Waals surface area contributed by atoms with E-state index in [4.69, 9.17) is 0 Å². The summed E-state index contributed by atoms with van der Waals surface area (Å²) < 4.78 is 0. The van der Waals surface area contributed by atoms with Crippen LogP contribution in [0.15, 0.2) is 24.3 Å². The molecule has 2 amide bonds. The minimum absolute atomic E-state index is 0.0929. The van der Waals surface area contributed by atoms with Crippen LogP contribution >= 0.6 is 11.8 Å². The van der Waals surface area contributed by atoms with Gasteiger partial charge in [-0.25, -0.2) is 4.79 Å². The molecule has 25 heavy (non-hydrogen) atoms. The number of anilines is 1. The summed E-state index contributed by atoms with van der Waals surface area (Å²) >= 11 is 2.02. The van der Waals surface area contributed by atoms with Gasteiger partial charge in [-0.15, -0.1) is 0 Å². The number of hydrogen-bond acceptors (Lipinski definition) is 3. The van der Waals surface area contributed by atoms with Gasteiger partial charge in [-0.3, -0.25) is 4.90 Å². The molecule has 2 rings (SSSR count). The lowest BCUT2D eigenvalue weighted by atomic mass is 10.1. The Balaban J connectivity index is 1.81. The maximum absolute atomic E-state index is 12.3. The summed E-state index contributed by atoms with van der Waals surface area (Å²) in [4.78, 5) is 14.8. The number of rotatable bonds is 9. The van der Waals surface area contributed by atoms with Gasteiger partial charge in [-0.05, 0) is 25.0 Å². The van der Waals surface area contributed by atoms with Crippen LogP contribution in [0, 0.1) is 0 Å². The average Bonchev–Trinajstić information content (AvgIpc) is 2.61. The van der Waals surface area contributed by atoms with Crippen molar-refractivity contribution in [1.29, 1.82) is 0 Å². The van der Waals surface area contributed by atoms with Crippen molar-refractivity contribution in [1.82, 2.24) is 10.2 Å². The zero-order chi connectivity index (χ0) is 17.9. The number of hydrogen-bond donors (Lipinski definition) is 2. The van der Waals surface area contributed by atoms with Crippen LogP contribution in [0.4, 0.5) is 10.5 Å². The quantitative estimate of drug-likeness (QED) is 0.624. The third-order valence-electron chi connectivity index (χ3n) is 4.63. The molecule has 1 heterocycles. The fourth-order valence-electron chi connectivity index (χ4n) is 3.11. The van der Waals surface area contributed by atoms with Crippen molar-refractivity contribution >= 4 is 23.5 Å². The minimum Gasteiger partial charge on any atom is -0.335 e. The summed E-state index contributed by atoms with van der Waals surface area (Å²) in [5.41, 5.74) is 2.12. The number of amides is 2. The fourth-order valence-corrected chi connectivity index (χ4v) is 4.09. The Hall–Kier alpha value is -1.20. The Morgan fingerprint density at radius 1 is 1.20 bits per heavy atom. The lowest BCUT2D eigenvalue weighted by Crippen LogP contribution is -2.36. The highest BCUT2D eigenvalue weighted by Gasteiger charge is 2.14. The van der Waals surface area contributed by atoms with E-state index in [1.807, 2.05) is 30.0 Å². The van der Waals surface area contributed by atoms with Crippen LogP contribution in [0.2, 0.25) is 0 Å². The molecule has 1 aliphatic heterocycles. The van der Waals surface area contributed by atoms with Gasteiger partial charge in [0.15, 0.2) is 0 Å².